The number of carbonyl (C=O) groups excluding carboxylic acids is 11. The second-order valence-corrected chi connectivity index (χ2v) is 25.4. The summed E-state index contributed by atoms with van der Waals surface area (Å²) >= 11 is 5.29. The first-order valence-corrected chi connectivity index (χ1v) is 33.9. The van der Waals surface area contributed by atoms with Gasteiger partial charge < -0.3 is 91.5 Å². The molecule has 2 heterocycles. The average Bonchev–Trinajstić information content (AvgIpc) is 1.66. The van der Waals surface area contributed by atoms with Crippen LogP contribution in [-0.2, 0) is 92.1 Å². The summed E-state index contributed by atoms with van der Waals surface area (Å²) < 4.78 is 0. The van der Waals surface area contributed by atoms with Crippen molar-refractivity contribution in [1.82, 2.24) is 57.7 Å². The third-order valence-corrected chi connectivity index (χ3v) is 17.6. The van der Waals surface area contributed by atoms with Gasteiger partial charge in [0.05, 0.1) is 5.75 Å². The number of nitrogens with two attached hydrogens (primary N) is 5. The van der Waals surface area contributed by atoms with Crippen molar-refractivity contribution < 1.29 is 78.0 Å². The fourth-order valence-electron chi connectivity index (χ4n) is 10.6. The molecule has 28 nitrogen and oxygen atoms in total. The predicted molar refractivity (Wildman–Crippen MR) is 365 cm³/mol. The van der Waals surface area contributed by atoms with Crippen LogP contribution in [0.15, 0.2) is 85.1 Å². The van der Waals surface area contributed by atoms with Crippen LogP contribution in [0.2, 0.25) is 0 Å². The minimum Gasteiger partial charge on any atom is -0.508 e. The molecule has 0 saturated carbocycles. The van der Waals surface area contributed by atoms with Gasteiger partial charge in [-0.1, -0.05) is 74.5 Å². The molecule has 31 heteroatoms. The maximum atomic E-state index is 15.2. The summed E-state index contributed by atoms with van der Waals surface area (Å²) in [6, 6.07) is 9.36. The van der Waals surface area contributed by atoms with Gasteiger partial charge in [-0.05, 0) is 130 Å². The number of fused-ring (bicyclic) bond motifs is 1. The Morgan fingerprint density at radius 1 is 0.615 bits per heavy atom. The maximum absolute atomic E-state index is 15.2. The predicted octanol–water partition coefficient (Wildman–Crippen LogP) is -1.36. The topological polar surface area (TPSA) is 465 Å². The first kappa shape index (κ1) is 80.8. The number of phenolic OH excluding ortho intramolecular Hbond substituents is 1. The van der Waals surface area contributed by atoms with Crippen LogP contribution in [0.1, 0.15) is 94.7 Å². The van der Waals surface area contributed by atoms with Crippen LogP contribution in [0, 0.1) is 5.92 Å². The van der Waals surface area contributed by atoms with Crippen molar-refractivity contribution in [3.8, 4) is 5.75 Å². The molecule has 1 aliphatic heterocycles. The zero-order chi connectivity index (χ0) is 69.6. The summed E-state index contributed by atoms with van der Waals surface area (Å²) in [5, 5.41) is 35.5. The number of thioether (sulfide) groups is 1. The van der Waals surface area contributed by atoms with Gasteiger partial charge >= 0.3 is 0 Å². The summed E-state index contributed by atoms with van der Waals surface area (Å²) in [5.74, 6) is -9.10. The molecular weight excluding hydrogens is 1360 g/mol. The number of primary amides is 1. The molecule has 21 N–H and O–H groups in total. The number of hydrogen-bond donors (Lipinski definition) is 17. The quantitative estimate of drug-likeness (QED) is 0.0190. The van der Waals surface area contributed by atoms with Gasteiger partial charge in [-0.3, -0.25) is 52.7 Å². The number of nitrogens with zero attached hydrogens (tertiary/aromatic N) is 1. The fraction of sp³-hybridized carbons (Fsp3) is 0.523. The number of aromatic nitrogens is 1. The van der Waals surface area contributed by atoms with Crippen molar-refractivity contribution in [2.75, 3.05) is 50.5 Å². The zero-order valence-corrected chi connectivity index (χ0v) is 58.2. The van der Waals surface area contributed by atoms with Crippen LogP contribution >= 0.6 is 24.4 Å². The first-order chi connectivity index (χ1) is 45.5. The largest absolute Gasteiger partial charge is 0.508 e. The van der Waals surface area contributed by atoms with E-state index < -0.39 is 131 Å². The molecule has 527 valence electrons. The molecule has 0 unspecified atom stereocenters. The maximum Gasteiger partial charge on any atom is 0.245 e. The number of benzene rings is 3. The van der Waals surface area contributed by atoms with E-state index >= 15 is 9.59 Å². The molecule has 11 amide bonds. The Labute approximate surface area is 583 Å². The van der Waals surface area contributed by atoms with Crippen LogP contribution in [0.25, 0.3) is 10.9 Å². The van der Waals surface area contributed by atoms with E-state index in [2.05, 4.69) is 65.5 Å². The van der Waals surface area contributed by atoms with Crippen LogP contribution in [-0.4, -0.2) is 191 Å². The molecule has 0 aliphatic carbocycles. The summed E-state index contributed by atoms with van der Waals surface area (Å²) in [4.78, 5) is 160. The summed E-state index contributed by atoms with van der Waals surface area (Å²) in [7, 11) is 1.39. The smallest absolute Gasteiger partial charge is 0.245 e. The fourth-order valence-corrected chi connectivity index (χ4v) is 11.7. The zero-order valence-electron chi connectivity index (χ0n) is 54.6. The molecule has 4 aromatic rings. The molecule has 1 aliphatic rings. The van der Waals surface area contributed by atoms with Gasteiger partial charge in [0, 0.05) is 75.8 Å². The Kier molecular flexibility index (Phi) is 35.5. The van der Waals surface area contributed by atoms with Crippen LogP contribution < -0.4 is 76.5 Å². The number of phenols is 1. The third kappa shape index (κ3) is 26.1. The van der Waals surface area contributed by atoms with E-state index in [1.165, 1.54) is 24.1 Å². The number of aromatic hydroxyl groups is 1. The molecule has 3 aromatic carbocycles. The van der Waals surface area contributed by atoms with E-state index in [-0.39, 0.29) is 101 Å². The normalized spacial score (nSPS) is 19.5. The SMILES string of the molecule is CC(C)[C@@H]1NC(=O)[C@H](CCCCN)NC(=O)[C@@H](Cc2c[nH]c3ccccc23)NC(=O)[C@H](Cc2ccc(O)cc2)NC(=O)[C@H](Cc2ccccc2)N(C)C(=O)[C@H](CCSCC(=O)NC[C@H](N)C(=O)N[C@@H](CCCCN)C(=O)N[C@@H](CS)C(=O)N[C@@H](CCCCN)C(N)=O)NC1=O.[Tc]. The van der Waals surface area contributed by atoms with Gasteiger partial charge in [0.15, 0.2) is 0 Å². The van der Waals surface area contributed by atoms with E-state index in [1.807, 2.05) is 24.3 Å². The number of H-pyrrole nitrogens is 1. The van der Waals surface area contributed by atoms with Crippen LogP contribution in [0.4, 0.5) is 0 Å². The monoisotopic (exact) mass is 1450 g/mol. The van der Waals surface area contributed by atoms with Gasteiger partial charge in [-0.25, -0.2) is 0 Å². The van der Waals surface area contributed by atoms with Crippen molar-refractivity contribution in [3.05, 3.63) is 102 Å². The molecule has 5 rings (SSSR count). The molecule has 0 bridgehead atoms. The van der Waals surface area contributed by atoms with Gasteiger partial charge in [0.2, 0.25) is 65.0 Å². The Hall–Kier alpha value is -7.64. The van der Waals surface area contributed by atoms with Gasteiger partial charge in [0.25, 0.3) is 0 Å². The third-order valence-electron chi connectivity index (χ3n) is 16.2. The number of nitrogens with one attached hydrogen (secondary N) is 10. The number of amides is 11. The minimum absolute atomic E-state index is 0. The minimum atomic E-state index is -1.40. The van der Waals surface area contributed by atoms with E-state index in [0.29, 0.717) is 68.3 Å². The molecule has 1 fully saturated rings. The van der Waals surface area contributed by atoms with Crippen molar-refractivity contribution in [2.45, 2.75) is 158 Å². The Morgan fingerprint density at radius 3 is 1.79 bits per heavy atom. The van der Waals surface area contributed by atoms with Crippen molar-refractivity contribution in [3.63, 3.8) is 0 Å². The van der Waals surface area contributed by atoms with Crippen molar-refractivity contribution in [1.29, 1.82) is 0 Å². The number of carbonyl (C=O) groups is 11. The van der Waals surface area contributed by atoms with Crippen molar-refractivity contribution in [2.24, 2.45) is 34.6 Å². The molecular formula is C65H96N16O12S2Tc. The second kappa shape index (κ2) is 42.1. The number of hydrogen-bond acceptors (Lipinski definition) is 18. The first-order valence-electron chi connectivity index (χ1n) is 32.2. The average molecular weight is 1460 g/mol. The van der Waals surface area contributed by atoms with Gasteiger partial charge in [-0.15, -0.1) is 0 Å². The number of para-hydroxylation sites is 1. The molecule has 1 radical (unpaired) electrons. The Bertz CT molecular complexity index is 3210. The number of aromatic amines is 1. The number of unbranched alkanes of at least 4 members (excludes halogenated alkanes) is 3. The van der Waals surface area contributed by atoms with Crippen LogP contribution in [0.3, 0.4) is 0 Å². The van der Waals surface area contributed by atoms with Crippen molar-refractivity contribution >= 4 is 100 Å². The second-order valence-electron chi connectivity index (χ2n) is 23.9. The Morgan fingerprint density at radius 2 is 1.16 bits per heavy atom. The van der Waals surface area contributed by atoms with E-state index in [9.17, 15) is 48.3 Å². The van der Waals surface area contributed by atoms with Crippen LogP contribution in [0.5, 0.6) is 5.75 Å². The van der Waals surface area contributed by atoms with Gasteiger partial charge in [0.1, 0.15) is 66.2 Å². The standard InChI is InChI=1S/C65H96N16O12S2.Tc/c1-38(2)55-64(92)76-49(26-30-95-37-54(83)72-35-44(69)57(85)74-47(20-10-13-28-67)58(86)79-52(36-94)62(90)73-46(56(70)84)19-9-12-27-66)65(93)81(3)53(32-39-15-5-4-6-16-39)63(91)78-50(31-40-22-24-42(82)25-23-40)60(88)77-51(33-41-34-71-45-18-8-7-17-43(41)45)61(89)75-48(59(87)80-55)21-11-14-29-68;/h4-8,15-18,22-25,34,38,44,46-53,55,71,82,94H,9-14,19-21,26-33,35-37,66-69H2,1-3H3,(H2,70,84)(H,72,83)(H,73,90)(H,74,85)(H,75,89)(H,76,92)(H,77,88)(H,78,91)(H,79,86)(H,80,87);/t44-,46-,47-,48-,49-,50-,51+,52-,53-,55-;/m0./s1. The van der Waals surface area contributed by atoms with Gasteiger partial charge in [-0.2, -0.15) is 24.4 Å². The molecule has 0 spiro atoms. The Balaban J connectivity index is 0.0000196. The number of rotatable bonds is 34. The van der Waals surface area contributed by atoms with E-state index in [0.717, 1.165) is 22.7 Å². The molecule has 10 atom stereocenters. The van der Waals surface area contributed by atoms with E-state index in [1.54, 1.807) is 62.5 Å². The number of thiol groups is 1. The molecule has 96 heavy (non-hydrogen) atoms. The molecule has 1 aromatic heterocycles. The summed E-state index contributed by atoms with van der Waals surface area (Å²) in [6.45, 7) is 3.95. The summed E-state index contributed by atoms with van der Waals surface area (Å²) in [6.07, 6.45) is 4.60. The molecule has 1 saturated heterocycles. The van der Waals surface area contributed by atoms with E-state index in [4.69, 9.17) is 28.7 Å². The summed E-state index contributed by atoms with van der Waals surface area (Å²) in [5.41, 5.74) is 31.5. The number of likely N-dealkylation sites (N-methyl/N-ethyl adjacent to an activating group) is 1.